The van der Waals surface area contributed by atoms with Crippen molar-refractivity contribution in [3.8, 4) is 0 Å². The molecule has 0 saturated carbocycles. The minimum atomic E-state index is -0.513. The summed E-state index contributed by atoms with van der Waals surface area (Å²) in [7, 11) is 1.38. The highest BCUT2D eigenvalue weighted by atomic mass is 16.2. The fourth-order valence-electron chi connectivity index (χ4n) is 2.03. The van der Waals surface area contributed by atoms with E-state index in [1.807, 2.05) is 31.2 Å². The molecule has 1 aromatic heterocycles. The first-order valence-corrected chi connectivity index (χ1v) is 6.67. The lowest BCUT2D eigenvalue weighted by molar-refractivity contribution is -0.116. The van der Waals surface area contributed by atoms with Crippen LogP contribution >= 0.6 is 0 Å². The number of nitrogens with zero attached hydrogens (tertiary/aromatic N) is 2. The Bertz CT molecular complexity index is 774. The molecule has 110 valence electrons. The van der Waals surface area contributed by atoms with Gasteiger partial charge in [0.25, 0.3) is 5.56 Å². The maximum atomic E-state index is 12.0. The molecular formula is C15H17N3O3. The van der Waals surface area contributed by atoms with Gasteiger partial charge >= 0.3 is 5.69 Å². The Labute approximate surface area is 121 Å². The zero-order valence-electron chi connectivity index (χ0n) is 12.0. The van der Waals surface area contributed by atoms with Crippen molar-refractivity contribution in [3.63, 3.8) is 0 Å². The Hall–Kier alpha value is -2.63. The number of hydrogen-bond donors (Lipinski definition) is 1. The number of carbonyl (C=O) groups is 1. The first kappa shape index (κ1) is 14.8. The fourth-order valence-corrected chi connectivity index (χ4v) is 2.03. The van der Waals surface area contributed by atoms with Gasteiger partial charge in [-0.2, -0.15) is 0 Å². The highest BCUT2D eigenvalue weighted by molar-refractivity contribution is 5.91. The summed E-state index contributed by atoms with van der Waals surface area (Å²) < 4.78 is 2.17. The Balaban J connectivity index is 2.18. The van der Waals surface area contributed by atoms with E-state index >= 15 is 0 Å². The van der Waals surface area contributed by atoms with Gasteiger partial charge in [0.1, 0.15) is 6.54 Å². The Morgan fingerprint density at radius 2 is 1.90 bits per heavy atom. The first-order valence-electron chi connectivity index (χ1n) is 6.67. The number of rotatable bonds is 4. The van der Waals surface area contributed by atoms with Gasteiger partial charge in [0.15, 0.2) is 0 Å². The number of nitrogens with one attached hydrogen (secondary N) is 1. The summed E-state index contributed by atoms with van der Waals surface area (Å²) in [6.45, 7) is 1.87. The molecule has 1 amide bonds. The molecule has 6 heteroatoms. The number of aromatic nitrogens is 2. The van der Waals surface area contributed by atoms with Gasteiger partial charge in [-0.15, -0.1) is 0 Å². The minimum absolute atomic E-state index is 0.134. The quantitative estimate of drug-likeness (QED) is 0.901. The number of carbonyl (C=O) groups excluding carboxylic acids is 1. The molecule has 2 aromatic rings. The van der Waals surface area contributed by atoms with Crippen molar-refractivity contribution < 1.29 is 4.79 Å². The Kier molecular flexibility index (Phi) is 4.37. The molecule has 0 aliphatic heterocycles. The summed E-state index contributed by atoms with van der Waals surface area (Å²) in [5.74, 6) is -0.309. The molecule has 0 fully saturated rings. The molecule has 0 spiro atoms. The standard InChI is InChI=1S/C15H17N3O3/c1-3-11-6-4-5-7-12(11)16-13(19)10-18-9-8-14(20)17(2)15(18)21/h4-9H,3,10H2,1-2H3,(H,16,19). The third kappa shape index (κ3) is 3.28. The highest BCUT2D eigenvalue weighted by Gasteiger charge is 2.08. The number of anilines is 1. The second kappa shape index (κ2) is 6.21. The van der Waals surface area contributed by atoms with E-state index in [-0.39, 0.29) is 12.5 Å². The molecule has 6 nitrogen and oxygen atoms in total. The summed E-state index contributed by atoms with van der Waals surface area (Å²) in [5.41, 5.74) is 0.857. The second-order valence-electron chi connectivity index (χ2n) is 4.68. The third-order valence-corrected chi connectivity index (χ3v) is 3.25. The van der Waals surface area contributed by atoms with Crippen molar-refractivity contribution in [2.75, 3.05) is 5.32 Å². The lowest BCUT2D eigenvalue weighted by atomic mass is 10.1. The van der Waals surface area contributed by atoms with Crippen LogP contribution in [-0.2, 0) is 24.8 Å². The van der Waals surface area contributed by atoms with Gasteiger partial charge in [-0.25, -0.2) is 4.79 Å². The minimum Gasteiger partial charge on any atom is -0.324 e. The average Bonchev–Trinajstić information content (AvgIpc) is 2.48. The molecule has 0 aliphatic carbocycles. The number of hydrogen-bond acceptors (Lipinski definition) is 3. The lowest BCUT2D eigenvalue weighted by Crippen LogP contribution is -2.39. The molecule has 1 heterocycles. The predicted octanol–water partition coefficient (Wildman–Crippen LogP) is 0.748. The van der Waals surface area contributed by atoms with Crippen LogP contribution < -0.4 is 16.6 Å². The van der Waals surface area contributed by atoms with Gasteiger partial charge < -0.3 is 5.32 Å². The van der Waals surface area contributed by atoms with Gasteiger partial charge in [-0.3, -0.25) is 18.7 Å². The molecular weight excluding hydrogens is 270 g/mol. The normalized spacial score (nSPS) is 10.4. The smallest absolute Gasteiger partial charge is 0.324 e. The van der Waals surface area contributed by atoms with Crippen LogP contribution in [-0.4, -0.2) is 15.0 Å². The van der Waals surface area contributed by atoms with Gasteiger partial charge in [0.05, 0.1) is 0 Å². The van der Waals surface area contributed by atoms with Crippen LogP contribution in [0.25, 0.3) is 0 Å². The maximum Gasteiger partial charge on any atom is 0.331 e. The van der Waals surface area contributed by atoms with E-state index < -0.39 is 11.2 Å². The van der Waals surface area contributed by atoms with E-state index in [0.717, 1.165) is 22.2 Å². The zero-order valence-corrected chi connectivity index (χ0v) is 12.0. The molecule has 0 bridgehead atoms. The van der Waals surface area contributed by atoms with Crippen LogP contribution in [0.1, 0.15) is 12.5 Å². The Morgan fingerprint density at radius 3 is 2.62 bits per heavy atom. The zero-order chi connectivity index (χ0) is 15.4. The predicted molar refractivity (Wildman–Crippen MR) is 80.4 cm³/mol. The number of amides is 1. The van der Waals surface area contributed by atoms with Crippen LogP contribution in [0.2, 0.25) is 0 Å². The van der Waals surface area contributed by atoms with Crippen LogP contribution in [0.4, 0.5) is 5.69 Å². The van der Waals surface area contributed by atoms with E-state index in [2.05, 4.69) is 5.32 Å². The van der Waals surface area contributed by atoms with Crippen molar-refractivity contribution >= 4 is 11.6 Å². The van der Waals surface area contributed by atoms with Crippen molar-refractivity contribution in [2.24, 2.45) is 7.05 Å². The Morgan fingerprint density at radius 1 is 1.19 bits per heavy atom. The number of aryl methyl sites for hydroxylation is 1. The highest BCUT2D eigenvalue weighted by Crippen LogP contribution is 2.15. The van der Waals surface area contributed by atoms with E-state index in [1.165, 1.54) is 23.9 Å². The molecule has 0 atom stereocenters. The second-order valence-corrected chi connectivity index (χ2v) is 4.68. The largest absolute Gasteiger partial charge is 0.331 e. The van der Waals surface area contributed by atoms with Gasteiger partial charge in [0.2, 0.25) is 5.91 Å². The molecule has 2 rings (SSSR count). The monoisotopic (exact) mass is 287 g/mol. The molecule has 1 N–H and O–H groups in total. The van der Waals surface area contributed by atoms with Gasteiger partial charge in [-0.1, -0.05) is 25.1 Å². The van der Waals surface area contributed by atoms with Crippen molar-refractivity contribution in [3.05, 3.63) is 62.9 Å². The fraction of sp³-hybridized carbons (Fsp3) is 0.267. The first-order chi connectivity index (χ1) is 10.0. The van der Waals surface area contributed by atoms with Crippen LogP contribution in [0.5, 0.6) is 0 Å². The van der Waals surface area contributed by atoms with Crippen molar-refractivity contribution in [1.29, 1.82) is 0 Å². The van der Waals surface area contributed by atoms with Crippen LogP contribution in [0, 0.1) is 0 Å². The van der Waals surface area contributed by atoms with Crippen molar-refractivity contribution in [1.82, 2.24) is 9.13 Å². The van der Waals surface area contributed by atoms with Gasteiger partial charge in [0, 0.05) is 25.0 Å². The van der Waals surface area contributed by atoms with E-state index in [0.29, 0.717) is 0 Å². The molecule has 0 radical (unpaired) electrons. The van der Waals surface area contributed by atoms with E-state index in [4.69, 9.17) is 0 Å². The molecule has 1 aromatic carbocycles. The molecule has 0 saturated heterocycles. The molecule has 0 unspecified atom stereocenters. The topological polar surface area (TPSA) is 73.1 Å². The number of benzene rings is 1. The third-order valence-electron chi connectivity index (χ3n) is 3.25. The lowest BCUT2D eigenvalue weighted by Gasteiger charge is -2.11. The molecule has 21 heavy (non-hydrogen) atoms. The van der Waals surface area contributed by atoms with Gasteiger partial charge in [-0.05, 0) is 18.1 Å². The average molecular weight is 287 g/mol. The summed E-state index contributed by atoms with van der Waals surface area (Å²) in [5, 5.41) is 2.79. The van der Waals surface area contributed by atoms with E-state index in [9.17, 15) is 14.4 Å². The summed E-state index contributed by atoms with van der Waals surface area (Å²) >= 11 is 0. The van der Waals surface area contributed by atoms with Crippen LogP contribution in [0.15, 0.2) is 46.1 Å². The SMILES string of the molecule is CCc1ccccc1NC(=O)Cn1ccc(=O)n(C)c1=O. The summed E-state index contributed by atoms with van der Waals surface area (Å²) in [6.07, 6.45) is 2.13. The summed E-state index contributed by atoms with van der Waals surface area (Å²) in [6, 6.07) is 8.77. The number of para-hydroxylation sites is 1. The van der Waals surface area contributed by atoms with Crippen LogP contribution in [0.3, 0.4) is 0 Å². The molecule has 0 aliphatic rings. The van der Waals surface area contributed by atoms with Crippen molar-refractivity contribution in [2.45, 2.75) is 19.9 Å². The van der Waals surface area contributed by atoms with E-state index in [1.54, 1.807) is 0 Å². The maximum absolute atomic E-state index is 12.0. The summed E-state index contributed by atoms with van der Waals surface area (Å²) in [4.78, 5) is 35.2.